The molecule has 2 heterocycles. The van der Waals surface area contributed by atoms with Crippen LogP contribution in [-0.4, -0.2) is 18.3 Å². The Kier molecular flexibility index (Phi) is 5.47. The monoisotopic (exact) mass is 583 g/mol. The first-order valence-electron chi connectivity index (χ1n) is 15.9. The summed E-state index contributed by atoms with van der Waals surface area (Å²) in [7, 11) is -0.469. The van der Waals surface area contributed by atoms with Crippen LogP contribution in [0.5, 0.6) is 0 Å². The molecule has 0 N–H and O–H groups in total. The van der Waals surface area contributed by atoms with Crippen LogP contribution in [0.15, 0.2) is 133 Å². The summed E-state index contributed by atoms with van der Waals surface area (Å²) in [6, 6.07) is 49.0. The lowest BCUT2D eigenvalue weighted by Gasteiger charge is -2.45. The van der Waals surface area contributed by atoms with E-state index in [0.717, 1.165) is 16.8 Å². The third-order valence-electron chi connectivity index (χ3n) is 10.7. The van der Waals surface area contributed by atoms with Crippen LogP contribution in [0.2, 0.25) is 0 Å². The highest BCUT2D eigenvalue weighted by Crippen LogP contribution is 2.64. The predicted molar refractivity (Wildman–Crippen MR) is 185 cm³/mol. The van der Waals surface area contributed by atoms with Crippen molar-refractivity contribution in [2.75, 3.05) is 4.90 Å². The van der Waals surface area contributed by atoms with Gasteiger partial charge in [-0.05, 0) is 102 Å². The maximum absolute atomic E-state index is 6.65. The van der Waals surface area contributed by atoms with Crippen molar-refractivity contribution < 1.29 is 9.31 Å². The molecule has 1 atom stereocenters. The van der Waals surface area contributed by atoms with Crippen molar-refractivity contribution in [3.8, 4) is 11.1 Å². The van der Waals surface area contributed by atoms with Crippen LogP contribution < -0.4 is 10.4 Å². The number of hydrogen-bond acceptors (Lipinski definition) is 3. The quantitative estimate of drug-likeness (QED) is 0.189. The SMILES string of the molecule is CC1(C)OB(c2ccc3c(c2)C2(c4ccccc4-c4ccc5ccccc5c42)c2ccccc2N3c2ccccc2)OC1(C)C. The highest BCUT2D eigenvalue weighted by Gasteiger charge is 2.55. The van der Waals surface area contributed by atoms with Crippen LogP contribution >= 0.6 is 0 Å². The molecule has 4 heteroatoms. The van der Waals surface area contributed by atoms with Crippen LogP contribution in [0, 0.1) is 0 Å². The van der Waals surface area contributed by atoms with E-state index in [2.05, 4.69) is 166 Å². The number of hydrogen-bond donors (Lipinski definition) is 0. The first-order chi connectivity index (χ1) is 21.8. The van der Waals surface area contributed by atoms with E-state index in [9.17, 15) is 0 Å². The lowest BCUT2D eigenvalue weighted by Crippen LogP contribution is -2.41. The van der Waals surface area contributed by atoms with Gasteiger partial charge in [0.25, 0.3) is 0 Å². The van der Waals surface area contributed by atoms with Crippen molar-refractivity contribution in [2.24, 2.45) is 0 Å². The number of benzene rings is 6. The van der Waals surface area contributed by atoms with Gasteiger partial charge >= 0.3 is 7.12 Å². The van der Waals surface area contributed by atoms with Gasteiger partial charge in [-0.3, -0.25) is 0 Å². The molecular weight excluding hydrogens is 549 g/mol. The maximum atomic E-state index is 6.65. The Morgan fingerprint density at radius 1 is 0.533 bits per heavy atom. The molecule has 0 amide bonds. The Labute approximate surface area is 265 Å². The van der Waals surface area contributed by atoms with Gasteiger partial charge in [-0.1, -0.05) is 109 Å². The molecule has 0 radical (unpaired) electrons. The molecule has 1 spiro atoms. The predicted octanol–water partition coefficient (Wildman–Crippen LogP) is 9.29. The molecule has 6 aromatic carbocycles. The van der Waals surface area contributed by atoms with Gasteiger partial charge in [-0.15, -0.1) is 0 Å². The summed E-state index contributed by atoms with van der Waals surface area (Å²) in [6.07, 6.45) is 0. The lowest BCUT2D eigenvalue weighted by molar-refractivity contribution is 0.00578. The third kappa shape index (κ3) is 3.50. The molecule has 6 aromatic rings. The average Bonchev–Trinajstić information content (AvgIpc) is 3.48. The molecule has 45 heavy (non-hydrogen) atoms. The van der Waals surface area contributed by atoms with Gasteiger partial charge in [-0.2, -0.15) is 0 Å². The first kappa shape index (κ1) is 26.7. The summed E-state index contributed by atoms with van der Waals surface area (Å²) in [5.74, 6) is 0. The van der Waals surface area contributed by atoms with E-state index in [1.807, 2.05) is 0 Å². The van der Waals surface area contributed by atoms with E-state index >= 15 is 0 Å². The van der Waals surface area contributed by atoms with Crippen LogP contribution in [0.3, 0.4) is 0 Å². The summed E-state index contributed by atoms with van der Waals surface area (Å²) in [4.78, 5) is 2.43. The Morgan fingerprint density at radius 2 is 1.18 bits per heavy atom. The lowest BCUT2D eigenvalue weighted by atomic mass is 9.62. The molecule has 2 aliphatic heterocycles. The minimum absolute atomic E-state index is 0.434. The standard InChI is InChI=1S/C41H34BNO2/c1-39(2)40(3,4)45-42(44-39)28-23-25-37-35(26-28)41(34-20-12-13-21-36(34)43(37)29-15-6-5-7-16-29)33-19-11-10-18-31(33)32-24-22-27-14-8-9-17-30(27)38(32)41/h5-26H,1-4H3. The molecule has 0 aromatic heterocycles. The summed E-state index contributed by atoms with van der Waals surface area (Å²) in [5.41, 5.74) is 10.8. The molecule has 3 nitrogen and oxygen atoms in total. The zero-order valence-electron chi connectivity index (χ0n) is 26.0. The second-order valence-corrected chi connectivity index (χ2v) is 13.6. The summed E-state index contributed by atoms with van der Waals surface area (Å²) >= 11 is 0. The highest BCUT2D eigenvalue weighted by molar-refractivity contribution is 6.62. The van der Waals surface area contributed by atoms with Gasteiger partial charge in [0.2, 0.25) is 0 Å². The van der Waals surface area contributed by atoms with Gasteiger partial charge in [-0.25, -0.2) is 0 Å². The van der Waals surface area contributed by atoms with Crippen molar-refractivity contribution in [3.63, 3.8) is 0 Å². The Bertz CT molecular complexity index is 2140. The summed E-state index contributed by atoms with van der Waals surface area (Å²) in [5, 5.41) is 2.52. The van der Waals surface area contributed by atoms with E-state index < -0.39 is 23.7 Å². The molecule has 0 bridgehead atoms. The van der Waals surface area contributed by atoms with Gasteiger partial charge in [0.1, 0.15) is 0 Å². The minimum Gasteiger partial charge on any atom is -0.399 e. The van der Waals surface area contributed by atoms with Crippen LogP contribution in [0.1, 0.15) is 49.9 Å². The first-order valence-corrected chi connectivity index (χ1v) is 15.9. The largest absolute Gasteiger partial charge is 0.494 e. The number of fused-ring (bicyclic) bond motifs is 11. The van der Waals surface area contributed by atoms with Crippen molar-refractivity contribution in [1.29, 1.82) is 0 Å². The molecule has 1 aliphatic carbocycles. The zero-order chi connectivity index (χ0) is 30.6. The zero-order valence-corrected chi connectivity index (χ0v) is 26.0. The highest BCUT2D eigenvalue weighted by atomic mass is 16.7. The van der Waals surface area contributed by atoms with Crippen molar-refractivity contribution in [3.05, 3.63) is 156 Å². The van der Waals surface area contributed by atoms with Crippen LogP contribution in [-0.2, 0) is 14.7 Å². The molecular formula is C41H34BNO2. The van der Waals surface area contributed by atoms with Crippen molar-refractivity contribution in [2.45, 2.75) is 44.3 Å². The van der Waals surface area contributed by atoms with E-state index in [0.29, 0.717) is 0 Å². The Hall–Kier alpha value is -4.64. The topological polar surface area (TPSA) is 21.7 Å². The van der Waals surface area contributed by atoms with Crippen LogP contribution in [0.25, 0.3) is 21.9 Å². The molecule has 1 unspecified atom stereocenters. The van der Waals surface area contributed by atoms with Gasteiger partial charge in [0.15, 0.2) is 0 Å². The fraction of sp³-hybridized carbons (Fsp3) is 0.171. The Balaban J connectivity index is 1.43. The summed E-state index contributed by atoms with van der Waals surface area (Å²) < 4.78 is 13.3. The molecule has 3 aliphatic rings. The van der Waals surface area contributed by atoms with E-state index in [1.165, 1.54) is 49.8 Å². The number of rotatable bonds is 2. The fourth-order valence-corrected chi connectivity index (χ4v) is 7.93. The van der Waals surface area contributed by atoms with E-state index in [-0.39, 0.29) is 0 Å². The number of anilines is 3. The second kappa shape index (κ2) is 9.20. The van der Waals surface area contributed by atoms with Gasteiger partial charge in [0, 0.05) is 5.69 Å². The van der Waals surface area contributed by atoms with Crippen molar-refractivity contribution in [1.82, 2.24) is 0 Å². The van der Waals surface area contributed by atoms with Crippen LogP contribution in [0.4, 0.5) is 17.1 Å². The second-order valence-electron chi connectivity index (χ2n) is 13.6. The van der Waals surface area contributed by atoms with Gasteiger partial charge < -0.3 is 14.2 Å². The molecule has 1 saturated heterocycles. The normalized spacial score (nSPS) is 20.2. The molecule has 0 saturated carbocycles. The molecule has 9 rings (SSSR count). The summed E-state index contributed by atoms with van der Waals surface area (Å²) in [6.45, 7) is 8.48. The number of nitrogens with zero attached hydrogens (tertiary/aromatic N) is 1. The third-order valence-corrected chi connectivity index (χ3v) is 10.7. The van der Waals surface area contributed by atoms with Gasteiger partial charge in [0.05, 0.1) is 28.0 Å². The average molecular weight is 584 g/mol. The van der Waals surface area contributed by atoms with E-state index in [1.54, 1.807) is 0 Å². The minimum atomic E-state index is -0.552. The maximum Gasteiger partial charge on any atom is 0.494 e. The van der Waals surface area contributed by atoms with Crippen molar-refractivity contribution >= 4 is 40.4 Å². The smallest absolute Gasteiger partial charge is 0.399 e. The molecule has 218 valence electrons. The van der Waals surface area contributed by atoms with E-state index in [4.69, 9.17) is 9.31 Å². The fourth-order valence-electron chi connectivity index (χ4n) is 7.93. The Morgan fingerprint density at radius 3 is 1.98 bits per heavy atom. The molecule has 1 fully saturated rings. The number of para-hydroxylation sites is 2.